The normalized spacial score (nSPS) is 11.8. The highest BCUT2D eigenvalue weighted by atomic mass is 32.2. The minimum atomic E-state index is -3.54. The third-order valence-corrected chi connectivity index (χ3v) is 6.33. The van der Waals surface area contributed by atoms with E-state index in [0.29, 0.717) is 34.4 Å². The van der Waals surface area contributed by atoms with Crippen molar-refractivity contribution in [3.8, 4) is 5.75 Å². The molecular weight excluding hydrogens is 406 g/mol. The molecule has 0 saturated carbocycles. The Bertz CT molecular complexity index is 1110. The number of hydrogen-bond acceptors (Lipinski definition) is 8. The monoisotopic (exact) mass is 423 g/mol. The maximum atomic E-state index is 12.2. The molecule has 9 nitrogen and oxygen atoms in total. The van der Waals surface area contributed by atoms with Crippen molar-refractivity contribution in [2.24, 2.45) is 0 Å². The van der Waals surface area contributed by atoms with Crippen LogP contribution in [0.4, 0.5) is 5.69 Å². The van der Waals surface area contributed by atoms with Crippen molar-refractivity contribution >= 4 is 38.6 Å². The average molecular weight is 423 g/mol. The van der Waals surface area contributed by atoms with Crippen LogP contribution in [0.2, 0.25) is 0 Å². The maximum Gasteiger partial charge on any atom is 0.273 e. The van der Waals surface area contributed by atoms with Gasteiger partial charge in [-0.15, -0.1) is 0 Å². The van der Waals surface area contributed by atoms with Gasteiger partial charge in [0.25, 0.3) is 10.9 Å². The molecule has 3 rings (SSSR count). The Kier molecular flexibility index (Phi) is 5.87. The Morgan fingerprint density at radius 2 is 2.04 bits per heavy atom. The van der Waals surface area contributed by atoms with Crippen LogP contribution in [0.15, 0.2) is 57.0 Å². The Hall–Kier alpha value is -2.63. The summed E-state index contributed by atoms with van der Waals surface area (Å²) in [6.45, 7) is 0.296. The molecule has 1 aromatic heterocycles. The zero-order valence-corrected chi connectivity index (χ0v) is 16.7. The molecule has 0 fully saturated rings. The summed E-state index contributed by atoms with van der Waals surface area (Å²) in [7, 11) is -0.617. The van der Waals surface area contributed by atoms with Crippen LogP contribution in [0.5, 0.6) is 5.75 Å². The molecule has 0 amide bonds. The Morgan fingerprint density at radius 1 is 1.25 bits per heavy atom. The van der Waals surface area contributed by atoms with E-state index in [1.807, 2.05) is 0 Å². The summed E-state index contributed by atoms with van der Waals surface area (Å²) in [6.07, 6.45) is 0. The van der Waals surface area contributed by atoms with Crippen LogP contribution in [-0.4, -0.2) is 49.1 Å². The lowest BCUT2D eigenvalue weighted by atomic mass is 10.3. The molecule has 148 valence electrons. The smallest absolute Gasteiger partial charge is 0.273 e. The van der Waals surface area contributed by atoms with E-state index in [4.69, 9.17) is 9.15 Å². The van der Waals surface area contributed by atoms with Gasteiger partial charge < -0.3 is 9.15 Å². The largest absolute Gasteiger partial charge is 0.492 e. The summed E-state index contributed by atoms with van der Waals surface area (Å²) < 4.78 is 36.6. The van der Waals surface area contributed by atoms with E-state index in [1.54, 1.807) is 18.2 Å². The van der Waals surface area contributed by atoms with Crippen molar-refractivity contribution in [1.82, 2.24) is 9.29 Å². The van der Waals surface area contributed by atoms with Gasteiger partial charge in [0.2, 0.25) is 10.0 Å². The van der Waals surface area contributed by atoms with Gasteiger partial charge in [0.15, 0.2) is 5.58 Å². The average Bonchev–Trinajstić information content (AvgIpc) is 3.07. The minimum absolute atomic E-state index is 0.0346. The van der Waals surface area contributed by atoms with E-state index in [0.717, 1.165) is 4.31 Å². The minimum Gasteiger partial charge on any atom is -0.492 e. The van der Waals surface area contributed by atoms with E-state index in [9.17, 15) is 18.5 Å². The molecule has 3 aromatic rings. The number of thioether (sulfide) groups is 1. The number of aromatic nitrogens is 1. The molecule has 0 aliphatic carbocycles. The van der Waals surface area contributed by atoms with Crippen LogP contribution >= 0.6 is 11.8 Å². The van der Waals surface area contributed by atoms with Crippen molar-refractivity contribution in [3.05, 3.63) is 52.6 Å². The third-order valence-electron chi connectivity index (χ3n) is 3.72. The van der Waals surface area contributed by atoms with Crippen LogP contribution in [0.1, 0.15) is 0 Å². The summed E-state index contributed by atoms with van der Waals surface area (Å²) in [6, 6.07) is 10.5. The fourth-order valence-corrected chi connectivity index (χ4v) is 3.87. The first kappa shape index (κ1) is 20.1. The molecule has 0 spiro atoms. The molecule has 0 aliphatic heterocycles. The van der Waals surface area contributed by atoms with E-state index in [2.05, 4.69) is 4.98 Å². The quantitative estimate of drug-likeness (QED) is 0.235. The first-order chi connectivity index (χ1) is 13.3. The molecule has 0 aliphatic rings. The van der Waals surface area contributed by atoms with Gasteiger partial charge in [-0.3, -0.25) is 10.1 Å². The first-order valence-electron chi connectivity index (χ1n) is 8.10. The number of nitrogens with zero attached hydrogens (tertiary/aromatic N) is 3. The van der Waals surface area contributed by atoms with E-state index in [1.165, 1.54) is 50.1 Å². The molecule has 0 radical (unpaired) electrons. The van der Waals surface area contributed by atoms with Crippen molar-refractivity contribution in [2.75, 3.05) is 26.5 Å². The fourth-order valence-electron chi connectivity index (χ4n) is 2.29. The summed E-state index contributed by atoms with van der Waals surface area (Å²) in [5.74, 6) is 0.907. The SMILES string of the molecule is CN(C)S(=O)(=O)c1ccc2oc(SCCOc3cccc([N+](=O)[O-])c3)nc2c1. The molecule has 11 heteroatoms. The molecule has 2 aromatic carbocycles. The number of hydrogen-bond donors (Lipinski definition) is 0. The number of rotatable bonds is 8. The topological polar surface area (TPSA) is 116 Å². The van der Waals surface area contributed by atoms with Crippen molar-refractivity contribution in [3.63, 3.8) is 0 Å². The number of nitro benzene ring substituents is 1. The Labute approximate surface area is 165 Å². The van der Waals surface area contributed by atoms with Gasteiger partial charge in [-0.1, -0.05) is 17.8 Å². The zero-order chi connectivity index (χ0) is 20.3. The predicted octanol–water partition coefficient (Wildman–Crippen LogP) is 3.16. The van der Waals surface area contributed by atoms with Gasteiger partial charge in [0, 0.05) is 25.9 Å². The van der Waals surface area contributed by atoms with E-state index in [-0.39, 0.29) is 10.6 Å². The molecule has 0 bridgehead atoms. The lowest BCUT2D eigenvalue weighted by Gasteiger charge is -2.10. The Balaban J connectivity index is 1.62. The second kappa shape index (κ2) is 8.17. The van der Waals surface area contributed by atoms with Gasteiger partial charge in [-0.05, 0) is 24.3 Å². The lowest BCUT2D eigenvalue weighted by molar-refractivity contribution is -0.384. The summed E-state index contributed by atoms with van der Waals surface area (Å²) in [4.78, 5) is 14.7. The highest BCUT2D eigenvalue weighted by molar-refractivity contribution is 7.99. The molecule has 1 heterocycles. The summed E-state index contributed by atoms with van der Waals surface area (Å²) >= 11 is 1.30. The third kappa shape index (κ3) is 4.43. The number of benzene rings is 2. The molecule has 0 N–H and O–H groups in total. The number of oxazole rings is 1. The standard InChI is InChI=1S/C17H17N3O6S2/c1-19(2)28(23,24)14-6-7-16-15(11-14)18-17(26-16)27-9-8-25-13-5-3-4-12(10-13)20(21)22/h3-7,10-11H,8-9H2,1-2H3. The van der Waals surface area contributed by atoms with Crippen LogP contribution < -0.4 is 4.74 Å². The van der Waals surface area contributed by atoms with E-state index < -0.39 is 14.9 Å². The van der Waals surface area contributed by atoms with Gasteiger partial charge in [0.1, 0.15) is 11.3 Å². The molecule has 0 saturated heterocycles. The number of ether oxygens (including phenoxy) is 1. The van der Waals surface area contributed by atoms with Gasteiger partial charge in [-0.25, -0.2) is 17.7 Å². The summed E-state index contributed by atoms with van der Waals surface area (Å²) in [5.41, 5.74) is 0.900. The number of non-ortho nitro benzene ring substituents is 1. The molecular formula is C17H17N3O6S2. The Morgan fingerprint density at radius 3 is 2.75 bits per heavy atom. The zero-order valence-electron chi connectivity index (χ0n) is 15.1. The molecule has 28 heavy (non-hydrogen) atoms. The predicted molar refractivity (Wildman–Crippen MR) is 104 cm³/mol. The number of sulfonamides is 1. The lowest BCUT2D eigenvalue weighted by Crippen LogP contribution is -2.22. The number of nitro groups is 1. The van der Waals surface area contributed by atoms with Crippen molar-refractivity contribution < 1.29 is 22.5 Å². The number of fused-ring (bicyclic) bond motifs is 1. The molecule has 0 atom stereocenters. The van der Waals surface area contributed by atoms with Gasteiger partial charge in [-0.2, -0.15) is 0 Å². The highest BCUT2D eigenvalue weighted by Gasteiger charge is 2.19. The second-order valence-corrected chi connectivity index (χ2v) is 9.05. The second-order valence-electron chi connectivity index (χ2n) is 5.85. The van der Waals surface area contributed by atoms with Crippen molar-refractivity contribution in [2.45, 2.75) is 10.1 Å². The summed E-state index contributed by atoms with van der Waals surface area (Å²) in [5, 5.41) is 11.1. The van der Waals surface area contributed by atoms with E-state index >= 15 is 0 Å². The van der Waals surface area contributed by atoms with Crippen molar-refractivity contribution in [1.29, 1.82) is 0 Å². The highest BCUT2D eigenvalue weighted by Crippen LogP contribution is 2.26. The first-order valence-corrected chi connectivity index (χ1v) is 10.5. The van der Waals surface area contributed by atoms with Crippen LogP contribution in [0.25, 0.3) is 11.1 Å². The van der Waals surface area contributed by atoms with Gasteiger partial charge >= 0.3 is 0 Å². The van der Waals surface area contributed by atoms with Crippen LogP contribution in [0.3, 0.4) is 0 Å². The van der Waals surface area contributed by atoms with Gasteiger partial charge in [0.05, 0.1) is 22.5 Å². The fraction of sp³-hybridized carbons (Fsp3) is 0.235. The van der Waals surface area contributed by atoms with Crippen LogP contribution in [-0.2, 0) is 10.0 Å². The maximum absolute atomic E-state index is 12.2. The van der Waals surface area contributed by atoms with Crippen LogP contribution in [0, 0.1) is 10.1 Å². The molecule has 0 unspecified atom stereocenters.